The van der Waals surface area contributed by atoms with Gasteiger partial charge in [-0.15, -0.1) is 0 Å². The number of fused-ring (bicyclic) bond motifs is 1. The summed E-state index contributed by atoms with van der Waals surface area (Å²) in [6, 6.07) is 3.85. The van der Waals surface area contributed by atoms with Gasteiger partial charge in [-0.2, -0.15) is 4.73 Å². The van der Waals surface area contributed by atoms with Crippen LogP contribution in [0.3, 0.4) is 0 Å². The van der Waals surface area contributed by atoms with Crippen LogP contribution in [-0.4, -0.2) is 28.0 Å². The summed E-state index contributed by atoms with van der Waals surface area (Å²) in [5.74, 6) is 0. The second kappa shape index (κ2) is 2.91. The Morgan fingerprint density at radius 1 is 1.50 bits per heavy atom. The summed E-state index contributed by atoms with van der Waals surface area (Å²) in [7, 11) is 0. The minimum atomic E-state index is 0.0318. The number of rotatable bonds is 3. The van der Waals surface area contributed by atoms with E-state index in [2.05, 4.69) is 4.98 Å². The molecule has 0 aliphatic carbocycles. The van der Waals surface area contributed by atoms with Gasteiger partial charge in [0.25, 0.3) is 0 Å². The fourth-order valence-electron chi connectivity index (χ4n) is 1.17. The molecule has 0 aliphatic heterocycles. The minimum Gasteiger partial charge on any atom is -0.411 e. The van der Waals surface area contributed by atoms with Gasteiger partial charge in [-0.1, -0.05) is 0 Å². The molecular weight excluding hydrogens is 156 g/mol. The predicted molar refractivity (Wildman–Crippen MR) is 44.8 cm³/mol. The zero-order valence-electron chi connectivity index (χ0n) is 6.53. The molecule has 0 unspecified atom stereocenters. The number of aliphatic hydroxyl groups excluding tert-OH is 1. The van der Waals surface area contributed by atoms with Crippen LogP contribution in [0.5, 0.6) is 0 Å². The lowest BCUT2D eigenvalue weighted by atomic mass is 10.5. The summed E-state index contributed by atoms with van der Waals surface area (Å²) in [4.78, 5) is 8.27. The number of H-pyrrole nitrogens is 1. The van der Waals surface area contributed by atoms with Crippen molar-refractivity contribution < 1.29 is 9.94 Å². The van der Waals surface area contributed by atoms with Crippen molar-refractivity contribution in [1.82, 2.24) is 9.71 Å². The molecule has 12 heavy (non-hydrogen) atoms. The Hall–Kier alpha value is -1.42. The molecule has 0 amide bonds. The van der Waals surface area contributed by atoms with Gasteiger partial charge in [-0.25, -0.2) is 0 Å². The molecule has 2 aromatic rings. The highest BCUT2D eigenvalue weighted by molar-refractivity contribution is 5.75. The fourth-order valence-corrected chi connectivity index (χ4v) is 1.17. The molecule has 4 heteroatoms. The van der Waals surface area contributed by atoms with E-state index in [1.165, 1.54) is 0 Å². The molecule has 0 atom stereocenters. The van der Waals surface area contributed by atoms with Crippen LogP contribution < -0.4 is 4.84 Å². The molecule has 0 spiro atoms. The first-order valence-electron chi connectivity index (χ1n) is 3.80. The maximum absolute atomic E-state index is 8.54. The van der Waals surface area contributed by atoms with Gasteiger partial charge in [0.2, 0.25) is 0 Å². The number of hydrogen-bond acceptors (Lipinski definition) is 2. The van der Waals surface area contributed by atoms with Gasteiger partial charge in [0.1, 0.15) is 12.1 Å². The lowest BCUT2D eigenvalue weighted by molar-refractivity contribution is 0.0832. The third-order valence-electron chi connectivity index (χ3n) is 1.69. The predicted octanol–water partition coefficient (Wildman–Crippen LogP) is 0.390. The average Bonchev–Trinajstić information content (AvgIpc) is 2.62. The highest BCUT2D eigenvalue weighted by Gasteiger charge is 2.00. The van der Waals surface area contributed by atoms with E-state index in [0.717, 1.165) is 11.0 Å². The Morgan fingerprint density at radius 2 is 2.42 bits per heavy atom. The molecule has 2 heterocycles. The quantitative estimate of drug-likeness (QED) is 0.693. The Kier molecular flexibility index (Phi) is 1.75. The largest absolute Gasteiger partial charge is 0.411 e. The van der Waals surface area contributed by atoms with Crippen LogP contribution in [0.1, 0.15) is 0 Å². The van der Waals surface area contributed by atoms with Crippen LogP contribution in [-0.2, 0) is 0 Å². The Morgan fingerprint density at radius 3 is 3.25 bits per heavy atom. The standard InChI is InChI=1S/C8H10N2O2/c11-5-6-12-10-4-2-7-8(10)1-3-9-7/h1-4,9,11H,5-6H2. The molecule has 0 aliphatic rings. The summed E-state index contributed by atoms with van der Waals surface area (Å²) in [6.07, 6.45) is 3.67. The van der Waals surface area contributed by atoms with Gasteiger partial charge >= 0.3 is 0 Å². The zero-order chi connectivity index (χ0) is 8.39. The smallest absolute Gasteiger partial charge is 0.138 e. The van der Waals surface area contributed by atoms with Crippen molar-refractivity contribution in [2.45, 2.75) is 0 Å². The van der Waals surface area contributed by atoms with Crippen molar-refractivity contribution in [3.8, 4) is 0 Å². The van der Waals surface area contributed by atoms with Crippen molar-refractivity contribution in [3.63, 3.8) is 0 Å². The van der Waals surface area contributed by atoms with Gasteiger partial charge < -0.3 is 14.9 Å². The normalized spacial score (nSPS) is 10.8. The van der Waals surface area contributed by atoms with E-state index in [-0.39, 0.29) is 6.61 Å². The van der Waals surface area contributed by atoms with Crippen LogP contribution in [0, 0.1) is 0 Å². The van der Waals surface area contributed by atoms with E-state index >= 15 is 0 Å². The average molecular weight is 166 g/mol. The fraction of sp³-hybridized carbons (Fsp3) is 0.250. The van der Waals surface area contributed by atoms with Crippen LogP contribution in [0.2, 0.25) is 0 Å². The number of nitrogens with zero attached hydrogens (tertiary/aromatic N) is 1. The molecule has 2 aromatic heterocycles. The maximum atomic E-state index is 8.54. The van der Waals surface area contributed by atoms with E-state index in [1.807, 2.05) is 24.5 Å². The van der Waals surface area contributed by atoms with E-state index in [9.17, 15) is 0 Å². The van der Waals surface area contributed by atoms with Crippen molar-refractivity contribution in [3.05, 3.63) is 24.5 Å². The van der Waals surface area contributed by atoms with Crippen LogP contribution >= 0.6 is 0 Å². The van der Waals surface area contributed by atoms with Gasteiger partial charge in [-0.3, -0.25) is 0 Å². The lowest BCUT2D eigenvalue weighted by Crippen LogP contribution is -2.13. The number of aromatic nitrogens is 2. The van der Waals surface area contributed by atoms with Crippen LogP contribution in [0.25, 0.3) is 11.0 Å². The molecule has 4 nitrogen and oxygen atoms in total. The van der Waals surface area contributed by atoms with Gasteiger partial charge in [-0.05, 0) is 12.1 Å². The van der Waals surface area contributed by atoms with E-state index < -0.39 is 0 Å². The highest BCUT2D eigenvalue weighted by atomic mass is 16.7. The molecule has 0 bridgehead atoms. The third-order valence-corrected chi connectivity index (χ3v) is 1.69. The summed E-state index contributed by atoms with van der Waals surface area (Å²) < 4.78 is 1.64. The summed E-state index contributed by atoms with van der Waals surface area (Å²) in [6.45, 7) is 0.346. The van der Waals surface area contributed by atoms with Crippen LogP contribution in [0.15, 0.2) is 24.5 Å². The second-order valence-electron chi connectivity index (χ2n) is 2.47. The number of aliphatic hydroxyl groups is 1. The first-order valence-corrected chi connectivity index (χ1v) is 3.80. The maximum Gasteiger partial charge on any atom is 0.138 e. The lowest BCUT2D eigenvalue weighted by Gasteiger charge is -2.03. The Labute approximate surface area is 69.3 Å². The minimum absolute atomic E-state index is 0.0318. The van der Waals surface area contributed by atoms with Crippen LogP contribution in [0.4, 0.5) is 0 Å². The number of hydrogen-bond donors (Lipinski definition) is 2. The molecule has 0 fully saturated rings. The molecule has 64 valence electrons. The molecule has 0 aromatic carbocycles. The molecule has 2 N–H and O–H groups in total. The molecule has 0 saturated heterocycles. The zero-order valence-corrected chi connectivity index (χ0v) is 6.53. The van der Waals surface area contributed by atoms with Crippen molar-refractivity contribution in [2.75, 3.05) is 13.2 Å². The molecule has 2 rings (SSSR count). The van der Waals surface area contributed by atoms with Gasteiger partial charge in [0.15, 0.2) is 0 Å². The Bertz CT molecular complexity index is 364. The van der Waals surface area contributed by atoms with Gasteiger partial charge in [0.05, 0.1) is 12.1 Å². The SMILES string of the molecule is OCCOn1ccc2[nH]ccc21. The molecule has 0 saturated carbocycles. The highest BCUT2D eigenvalue weighted by Crippen LogP contribution is 2.11. The van der Waals surface area contributed by atoms with Crippen molar-refractivity contribution >= 4 is 11.0 Å². The van der Waals surface area contributed by atoms with Gasteiger partial charge in [0, 0.05) is 12.4 Å². The number of nitrogens with one attached hydrogen (secondary N) is 1. The second-order valence-corrected chi connectivity index (χ2v) is 2.47. The first kappa shape index (κ1) is 7.24. The van der Waals surface area contributed by atoms with E-state index in [1.54, 1.807) is 4.73 Å². The van der Waals surface area contributed by atoms with E-state index in [0.29, 0.717) is 6.61 Å². The summed E-state index contributed by atoms with van der Waals surface area (Å²) in [5, 5.41) is 8.54. The Balaban J connectivity index is 2.28. The number of aromatic amines is 1. The molecule has 0 radical (unpaired) electrons. The summed E-state index contributed by atoms with van der Waals surface area (Å²) in [5.41, 5.74) is 2.02. The van der Waals surface area contributed by atoms with Crippen molar-refractivity contribution in [1.29, 1.82) is 0 Å². The monoisotopic (exact) mass is 166 g/mol. The third kappa shape index (κ3) is 1.06. The summed E-state index contributed by atoms with van der Waals surface area (Å²) >= 11 is 0. The molecular formula is C8H10N2O2. The van der Waals surface area contributed by atoms with E-state index in [4.69, 9.17) is 9.94 Å². The first-order chi connectivity index (χ1) is 5.92. The topological polar surface area (TPSA) is 50.2 Å². The van der Waals surface area contributed by atoms with Crippen molar-refractivity contribution in [2.24, 2.45) is 0 Å².